The van der Waals surface area contributed by atoms with Crippen molar-refractivity contribution in [1.82, 2.24) is 15.3 Å². The van der Waals surface area contributed by atoms with E-state index in [4.69, 9.17) is 5.73 Å². The van der Waals surface area contributed by atoms with E-state index in [1.165, 1.54) is 11.1 Å². The minimum Gasteiger partial charge on any atom is -0.405 e. The standard InChI is InChI=1S/C21H32N4O3/c1-3-18-16(8-5-12-22)7-4-9-19(18)21(28)24(2)17(15-26)11-14-25-13-6-10-20(27)23-25/h4-5,7-9,12,15,17-18,20,23,27H,3,6,10-11,13-14,22H2,1-2H3/b12-5-,16-8-/t17-,18?,20?/m0/s1. The summed E-state index contributed by atoms with van der Waals surface area (Å²) in [5, 5.41) is 11.6. The number of carbonyl (C=O) groups is 2. The van der Waals surface area contributed by atoms with E-state index in [-0.39, 0.29) is 11.8 Å². The van der Waals surface area contributed by atoms with Gasteiger partial charge in [0.2, 0.25) is 0 Å². The average molecular weight is 389 g/mol. The number of nitrogens with zero attached hydrogens (tertiary/aromatic N) is 2. The summed E-state index contributed by atoms with van der Waals surface area (Å²) in [6.45, 7) is 3.44. The molecule has 0 aromatic heterocycles. The molecular weight excluding hydrogens is 356 g/mol. The zero-order chi connectivity index (χ0) is 20.5. The number of aliphatic hydroxyl groups is 1. The molecule has 1 aliphatic carbocycles. The van der Waals surface area contributed by atoms with Gasteiger partial charge in [-0.05, 0) is 43.5 Å². The van der Waals surface area contributed by atoms with E-state index in [9.17, 15) is 14.7 Å². The van der Waals surface area contributed by atoms with Crippen molar-refractivity contribution >= 4 is 12.2 Å². The summed E-state index contributed by atoms with van der Waals surface area (Å²) in [4.78, 5) is 26.3. The minimum atomic E-state index is -0.542. The summed E-state index contributed by atoms with van der Waals surface area (Å²) in [7, 11) is 1.68. The third kappa shape index (κ3) is 5.64. The van der Waals surface area contributed by atoms with Gasteiger partial charge >= 0.3 is 0 Å². The van der Waals surface area contributed by atoms with Gasteiger partial charge in [-0.1, -0.05) is 31.2 Å². The summed E-state index contributed by atoms with van der Waals surface area (Å²) >= 11 is 0. The Morgan fingerprint density at radius 3 is 2.96 bits per heavy atom. The van der Waals surface area contributed by atoms with Gasteiger partial charge in [0.1, 0.15) is 12.5 Å². The Balaban J connectivity index is 2.04. The molecule has 1 heterocycles. The Morgan fingerprint density at radius 1 is 1.54 bits per heavy atom. The van der Waals surface area contributed by atoms with Gasteiger partial charge in [0.15, 0.2) is 0 Å². The quantitative estimate of drug-likeness (QED) is 0.541. The van der Waals surface area contributed by atoms with E-state index in [0.717, 1.165) is 37.7 Å². The number of likely N-dealkylation sites (N-methyl/N-ethyl adjacent to an activating group) is 1. The first-order valence-electron chi connectivity index (χ1n) is 9.90. The molecule has 7 heteroatoms. The summed E-state index contributed by atoms with van der Waals surface area (Å²) in [6.07, 6.45) is 14.0. The molecule has 4 N–H and O–H groups in total. The molecule has 1 fully saturated rings. The molecule has 0 bridgehead atoms. The molecule has 2 unspecified atom stereocenters. The lowest BCUT2D eigenvalue weighted by molar-refractivity contribution is -0.132. The van der Waals surface area contributed by atoms with E-state index >= 15 is 0 Å². The lowest BCUT2D eigenvalue weighted by Crippen LogP contribution is -2.51. The van der Waals surface area contributed by atoms with Crippen LogP contribution in [0.2, 0.25) is 0 Å². The van der Waals surface area contributed by atoms with Crippen LogP contribution in [0.3, 0.4) is 0 Å². The molecule has 0 radical (unpaired) electrons. The van der Waals surface area contributed by atoms with Crippen molar-refractivity contribution < 1.29 is 14.7 Å². The van der Waals surface area contributed by atoms with Crippen molar-refractivity contribution in [2.24, 2.45) is 11.7 Å². The number of aliphatic hydroxyl groups excluding tert-OH is 1. The number of rotatable bonds is 8. The van der Waals surface area contributed by atoms with Crippen LogP contribution in [0.1, 0.15) is 32.6 Å². The number of nitrogens with one attached hydrogen (secondary N) is 1. The van der Waals surface area contributed by atoms with Crippen LogP contribution in [-0.4, -0.2) is 59.6 Å². The lowest BCUT2D eigenvalue weighted by atomic mass is 9.83. The molecule has 0 saturated carbocycles. The Hall–Kier alpha value is -2.22. The van der Waals surface area contributed by atoms with Crippen LogP contribution < -0.4 is 11.2 Å². The van der Waals surface area contributed by atoms with Gasteiger partial charge in [-0.2, -0.15) is 0 Å². The Labute approximate surface area is 167 Å². The zero-order valence-electron chi connectivity index (χ0n) is 16.8. The smallest absolute Gasteiger partial charge is 0.250 e. The van der Waals surface area contributed by atoms with E-state index in [2.05, 4.69) is 5.43 Å². The van der Waals surface area contributed by atoms with E-state index in [1.807, 2.05) is 36.2 Å². The van der Waals surface area contributed by atoms with Crippen LogP contribution >= 0.6 is 0 Å². The minimum absolute atomic E-state index is 0.0256. The number of hydrogen-bond acceptors (Lipinski definition) is 6. The van der Waals surface area contributed by atoms with Crippen molar-refractivity contribution in [3.05, 3.63) is 47.7 Å². The van der Waals surface area contributed by atoms with Crippen LogP contribution in [0.15, 0.2) is 47.7 Å². The summed E-state index contributed by atoms with van der Waals surface area (Å²) in [5.41, 5.74) is 10.1. The number of carbonyl (C=O) groups excluding carboxylic acids is 2. The first kappa shape index (κ1) is 22.1. The molecule has 154 valence electrons. The van der Waals surface area contributed by atoms with Gasteiger partial charge in [0.25, 0.3) is 5.91 Å². The summed E-state index contributed by atoms with van der Waals surface area (Å²) < 4.78 is 0. The monoisotopic (exact) mass is 388 g/mol. The van der Waals surface area contributed by atoms with Crippen molar-refractivity contribution in [2.45, 2.75) is 44.9 Å². The molecule has 7 nitrogen and oxygen atoms in total. The van der Waals surface area contributed by atoms with Gasteiger partial charge in [-0.3, -0.25) is 4.79 Å². The Kier molecular flexibility index (Phi) is 8.63. The van der Waals surface area contributed by atoms with Gasteiger partial charge in [-0.25, -0.2) is 10.4 Å². The maximum Gasteiger partial charge on any atom is 0.250 e. The lowest BCUT2D eigenvalue weighted by Gasteiger charge is -2.33. The highest BCUT2D eigenvalue weighted by Gasteiger charge is 2.29. The fourth-order valence-corrected chi connectivity index (χ4v) is 3.68. The average Bonchev–Trinajstić information content (AvgIpc) is 2.71. The van der Waals surface area contributed by atoms with Gasteiger partial charge in [0.05, 0.1) is 6.04 Å². The maximum absolute atomic E-state index is 13.1. The molecule has 0 aromatic rings. The molecule has 2 rings (SSSR count). The Bertz CT molecular complexity index is 669. The van der Waals surface area contributed by atoms with Crippen molar-refractivity contribution in [1.29, 1.82) is 0 Å². The van der Waals surface area contributed by atoms with Crippen LogP contribution in [-0.2, 0) is 9.59 Å². The van der Waals surface area contributed by atoms with E-state index in [0.29, 0.717) is 18.5 Å². The van der Waals surface area contributed by atoms with Crippen molar-refractivity contribution in [3.63, 3.8) is 0 Å². The number of hydrazine groups is 1. The maximum atomic E-state index is 13.1. The molecular formula is C21H32N4O3. The van der Waals surface area contributed by atoms with Gasteiger partial charge in [0, 0.05) is 31.6 Å². The molecule has 1 aliphatic heterocycles. The summed E-state index contributed by atoms with van der Waals surface area (Å²) in [6, 6.07) is -0.519. The fourth-order valence-electron chi connectivity index (χ4n) is 3.68. The fraction of sp³-hybridized carbons (Fsp3) is 0.524. The highest BCUT2D eigenvalue weighted by atomic mass is 16.3. The van der Waals surface area contributed by atoms with Gasteiger partial charge in [-0.15, -0.1) is 0 Å². The highest BCUT2D eigenvalue weighted by molar-refractivity contribution is 5.96. The largest absolute Gasteiger partial charge is 0.405 e. The molecule has 1 saturated heterocycles. The predicted molar refractivity (Wildman–Crippen MR) is 110 cm³/mol. The first-order valence-corrected chi connectivity index (χ1v) is 9.90. The third-order valence-electron chi connectivity index (χ3n) is 5.30. The zero-order valence-corrected chi connectivity index (χ0v) is 16.8. The number of allylic oxidation sites excluding steroid dienone is 6. The van der Waals surface area contributed by atoms with Crippen LogP contribution in [0.25, 0.3) is 0 Å². The van der Waals surface area contributed by atoms with Crippen molar-refractivity contribution in [2.75, 3.05) is 20.1 Å². The van der Waals surface area contributed by atoms with Gasteiger partial charge < -0.3 is 20.5 Å². The second-order valence-corrected chi connectivity index (χ2v) is 7.18. The number of aldehydes is 1. The second-order valence-electron chi connectivity index (χ2n) is 7.18. The third-order valence-corrected chi connectivity index (χ3v) is 5.30. The van der Waals surface area contributed by atoms with Crippen LogP contribution in [0.4, 0.5) is 0 Å². The molecule has 0 aromatic carbocycles. The highest BCUT2D eigenvalue weighted by Crippen LogP contribution is 2.30. The van der Waals surface area contributed by atoms with Crippen molar-refractivity contribution in [3.8, 4) is 0 Å². The number of hydrogen-bond donors (Lipinski definition) is 3. The van der Waals surface area contributed by atoms with Crippen LogP contribution in [0.5, 0.6) is 0 Å². The number of nitrogens with two attached hydrogens (primary N) is 1. The van der Waals surface area contributed by atoms with Crippen LogP contribution in [0, 0.1) is 5.92 Å². The SMILES string of the molecule is CCC1C(C(=O)N(C)[C@H](C=O)CCN2CCCC(O)N2)=CC=C/C1=C/C=C\N. The molecule has 2 aliphatic rings. The Morgan fingerprint density at radius 2 is 2.32 bits per heavy atom. The van der Waals surface area contributed by atoms with E-state index in [1.54, 1.807) is 13.1 Å². The molecule has 3 atom stereocenters. The molecule has 0 spiro atoms. The first-order chi connectivity index (χ1) is 13.5. The topological polar surface area (TPSA) is 98.9 Å². The normalized spacial score (nSPS) is 25.7. The molecule has 1 amide bonds. The molecule has 28 heavy (non-hydrogen) atoms. The summed E-state index contributed by atoms with van der Waals surface area (Å²) in [5.74, 6) is -0.162. The second kappa shape index (κ2) is 10.9. The number of amides is 1. The van der Waals surface area contributed by atoms with E-state index < -0.39 is 12.3 Å². The predicted octanol–water partition coefficient (Wildman–Crippen LogP) is 1.24.